The molecule has 0 saturated carbocycles. The maximum absolute atomic E-state index is 5.14. The van der Waals surface area contributed by atoms with Crippen LogP contribution in [0.5, 0.6) is 0 Å². The Bertz CT molecular complexity index is 193. The fraction of sp³-hybridized carbons (Fsp3) is 0.125. The lowest BCUT2D eigenvalue weighted by Gasteiger charge is -1.97. The zero-order valence-electron chi connectivity index (χ0n) is 5.47. The molecule has 2 radical (unpaired) electrons. The minimum absolute atomic E-state index is 0.716. The standard InChI is InChI=1S/C8H8BrN/c1-10-6-7-2-4-8(9)5-3-7/h1-5,10H,6H2. The molecular formula is C8H8BrN. The van der Waals surface area contributed by atoms with Gasteiger partial charge in [-0.05, 0) is 17.7 Å². The van der Waals surface area contributed by atoms with Gasteiger partial charge in [0.25, 0.3) is 0 Å². The summed E-state index contributed by atoms with van der Waals surface area (Å²) in [6.07, 6.45) is 0. The molecule has 52 valence electrons. The van der Waals surface area contributed by atoms with E-state index in [1.54, 1.807) is 0 Å². The quantitative estimate of drug-likeness (QED) is 0.718. The molecule has 0 spiro atoms. The van der Waals surface area contributed by atoms with Crippen LogP contribution in [0, 0.1) is 7.05 Å². The third-order valence-electron chi connectivity index (χ3n) is 1.22. The van der Waals surface area contributed by atoms with Gasteiger partial charge in [-0.25, -0.2) is 0 Å². The molecule has 0 bridgehead atoms. The van der Waals surface area contributed by atoms with E-state index in [9.17, 15) is 0 Å². The number of hydrogen-bond donors (Lipinski definition) is 1. The van der Waals surface area contributed by atoms with Gasteiger partial charge in [-0.1, -0.05) is 28.1 Å². The van der Waals surface area contributed by atoms with Crippen LogP contribution >= 0.6 is 15.9 Å². The molecule has 0 aliphatic heterocycles. The lowest BCUT2D eigenvalue weighted by atomic mass is 10.2. The van der Waals surface area contributed by atoms with E-state index >= 15 is 0 Å². The summed E-state index contributed by atoms with van der Waals surface area (Å²) in [5.41, 5.74) is 1.19. The van der Waals surface area contributed by atoms with Crippen molar-refractivity contribution in [1.82, 2.24) is 5.32 Å². The first-order valence-corrected chi connectivity index (χ1v) is 3.80. The van der Waals surface area contributed by atoms with Crippen molar-refractivity contribution in [1.29, 1.82) is 0 Å². The van der Waals surface area contributed by atoms with Crippen LogP contribution in [0.3, 0.4) is 0 Å². The van der Waals surface area contributed by atoms with Crippen LogP contribution < -0.4 is 5.32 Å². The van der Waals surface area contributed by atoms with Crippen molar-refractivity contribution in [3.05, 3.63) is 41.3 Å². The summed E-state index contributed by atoms with van der Waals surface area (Å²) in [6, 6.07) is 8.02. The van der Waals surface area contributed by atoms with Crippen molar-refractivity contribution in [2.75, 3.05) is 0 Å². The predicted octanol–water partition coefficient (Wildman–Crippen LogP) is 2.21. The highest BCUT2D eigenvalue weighted by atomic mass is 79.9. The molecule has 2 heteroatoms. The molecule has 0 fully saturated rings. The van der Waals surface area contributed by atoms with Gasteiger partial charge in [-0.3, -0.25) is 0 Å². The molecule has 0 amide bonds. The summed E-state index contributed by atoms with van der Waals surface area (Å²) < 4.78 is 1.09. The highest BCUT2D eigenvalue weighted by molar-refractivity contribution is 9.10. The highest BCUT2D eigenvalue weighted by Gasteiger charge is 1.88. The molecule has 0 aliphatic rings. The number of hydrogen-bond acceptors (Lipinski definition) is 1. The first kappa shape index (κ1) is 7.76. The molecule has 0 saturated heterocycles. The predicted molar refractivity (Wildman–Crippen MR) is 45.3 cm³/mol. The van der Waals surface area contributed by atoms with Crippen LogP contribution in [0.25, 0.3) is 0 Å². The summed E-state index contributed by atoms with van der Waals surface area (Å²) in [5.74, 6) is 0. The lowest BCUT2D eigenvalue weighted by Crippen LogP contribution is -2.01. The number of rotatable bonds is 2. The number of halogens is 1. The van der Waals surface area contributed by atoms with Gasteiger partial charge < -0.3 is 5.32 Å². The smallest absolute Gasteiger partial charge is 0.0410 e. The SMILES string of the molecule is [CH]NCc1ccc(Br)cc1. The number of nitrogens with one attached hydrogen (secondary N) is 1. The first-order chi connectivity index (χ1) is 4.83. The van der Waals surface area contributed by atoms with E-state index < -0.39 is 0 Å². The average Bonchev–Trinajstić information content (AvgIpc) is 1.95. The van der Waals surface area contributed by atoms with Crippen LogP contribution in [0.1, 0.15) is 5.56 Å². The topological polar surface area (TPSA) is 12.0 Å². The molecule has 0 atom stereocenters. The normalized spacial score (nSPS) is 9.80. The second kappa shape index (κ2) is 3.74. The van der Waals surface area contributed by atoms with Crippen molar-refractivity contribution in [3.63, 3.8) is 0 Å². The fourth-order valence-corrected chi connectivity index (χ4v) is 0.984. The summed E-state index contributed by atoms with van der Waals surface area (Å²) >= 11 is 3.34. The monoisotopic (exact) mass is 197 g/mol. The molecule has 0 heterocycles. The van der Waals surface area contributed by atoms with Crippen LogP contribution in [0.4, 0.5) is 0 Å². The van der Waals surface area contributed by atoms with Crippen molar-refractivity contribution >= 4 is 15.9 Å². The molecule has 1 aromatic carbocycles. The molecule has 10 heavy (non-hydrogen) atoms. The van der Waals surface area contributed by atoms with Crippen molar-refractivity contribution in [2.45, 2.75) is 6.54 Å². The van der Waals surface area contributed by atoms with E-state index in [1.165, 1.54) is 5.56 Å². The molecule has 1 nitrogen and oxygen atoms in total. The van der Waals surface area contributed by atoms with Gasteiger partial charge in [-0.15, -0.1) is 0 Å². The van der Waals surface area contributed by atoms with Gasteiger partial charge in [0, 0.05) is 18.1 Å². The Labute approximate surface area is 69.6 Å². The Morgan fingerprint density at radius 1 is 1.30 bits per heavy atom. The lowest BCUT2D eigenvalue weighted by molar-refractivity contribution is 0.866. The van der Waals surface area contributed by atoms with Gasteiger partial charge in [0.2, 0.25) is 0 Å². The Morgan fingerprint density at radius 3 is 2.40 bits per heavy atom. The van der Waals surface area contributed by atoms with Gasteiger partial charge in [-0.2, -0.15) is 0 Å². The van der Waals surface area contributed by atoms with E-state index in [4.69, 9.17) is 7.05 Å². The minimum Gasteiger partial charge on any atom is -0.307 e. The van der Waals surface area contributed by atoms with Gasteiger partial charge >= 0.3 is 0 Å². The summed E-state index contributed by atoms with van der Waals surface area (Å²) in [4.78, 5) is 0. The second-order valence-electron chi connectivity index (χ2n) is 2.01. The molecule has 0 aromatic heterocycles. The highest BCUT2D eigenvalue weighted by Crippen LogP contribution is 2.09. The maximum Gasteiger partial charge on any atom is 0.0410 e. The Hall–Kier alpha value is -0.340. The number of benzene rings is 1. The van der Waals surface area contributed by atoms with Crippen molar-refractivity contribution in [2.24, 2.45) is 0 Å². The van der Waals surface area contributed by atoms with Gasteiger partial charge in [0.15, 0.2) is 0 Å². The van der Waals surface area contributed by atoms with Crippen LogP contribution in [-0.2, 0) is 6.54 Å². The second-order valence-corrected chi connectivity index (χ2v) is 2.92. The van der Waals surface area contributed by atoms with E-state index in [-0.39, 0.29) is 0 Å². The Kier molecular flexibility index (Phi) is 2.90. The molecule has 0 unspecified atom stereocenters. The Morgan fingerprint density at radius 2 is 1.90 bits per heavy atom. The molecule has 1 aromatic rings. The third kappa shape index (κ3) is 2.12. The van der Waals surface area contributed by atoms with Gasteiger partial charge in [0.05, 0.1) is 0 Å². The molecule has 0 aliphatic carbocycles. The fourth-order valence-electron chi connectivity index (χ4n) is 0.720. The van der Waals surface area contributed by atoms with E-state index in [2.05, 4.69) is 21.2 Å². The van der Waals surface area contributed by atoms with Crippen molar-refractivity contribution < 1.29 is 0 Å². The minimum atomic E-state index is 0.716. The summed E-state index contributed by atoms with van der Waals surface area (Å²) in [5, 5.41) is 2.59. The average molecular weight is 198 g/mol. The van der Waals surface area contributed by atoms with E-state index in [0.717, 1.165) is 4.47 Å². The molecule has 1 rings (SSSR count). The van der Waals surface area contributed by atoms with E-state index in [0.29, 0.717) is 6.54 Å². The Balaban J connectivity index is 2.69. The largest absolute Gasteiger partial charge is 0.307 e. The molecular weight excluding hydrogens is 190 g/mol. The van der Waals surface area contributed by atoms with Crippen LogP contribution in [-0.4, -0.2) is 0 Å². The maximum atomic E-state index is 5.14. The third-order valence-corrected chi connectivity index (χ3v) is 1.75. The summed E-state index contributed by atoms with van der Waals surface area (Å²) in [6.45, 7) is 0.716. The zero-order valence-corrected chi connectivity index (χ0v) is 7.06. The molecule has 1 N–H and O–H groups in total. The van der Waals surface area contributed by atoms with Crippen LogP contribution in [0.2, 0.25) is 0 Å². The zero-order chi connectivity index (χ0) is 7.40. The first-order valence-electron chi connectivity index (χ1n) is 3.01. The van der Waals surface area contributed by atoms with Crippen molar-refractivity contribution in [3.8, 4) is 0 Å². The van der Waals surface area contributed by atoms with E-state index in [1.807, 2.05) is 24.3 Å². The summed E-state index contributed by atoms with van der Waals surface area (Å²) in [7, 11) is 5.14. The van der Waals surface area contributed by atoms with Gasteiger partial charge in [0.1, 0.15) is 0 Å². The van der Waals surface area contributed by atoms with Crippen LogP contribution in [0.15, 0.2) is 28.7 Å².